The lowest BCUT2D eigenvalue weighted by Crippen LogP contribution is -2.38. The highest BCUT2D eigenvalue weighted by Crippen LogP contribution is 2.45. The third kappa shape index (κ3) is 3.45. The summed E-state index contributed by atoms with van der Waals surface area (Å²) in [6.45, 7) is 0.527. The quantitative estimate of drug-likeness (QED) is 0.579. The van der Waals surface area contributed by atoms with E-state index in [0.29, 0.717) is 5.69 Å². The lowest BCUT2D eigenvalue weighted by molar-refractivity contribution is 0.0985. The van der Waals surface area contributed by atoms with Gasteiger partial charge in [0, 0.05) is 11.8 Å². The smallest absolute Gasteiger partial charge is 0.267 e. The Hall–Kier alpha value is -3.19. The maximum Gasteiger partial charge on any atom is 0.267 e. The summed E-state index contributed by atoms with van der Waals surface area (Å²) in [6.07, 6.45) is 2.82. The van der Waals surface area contributed by atoms with Gasteiger partial charge in [-0.3, -0.25) is 4.79 Å². The summed E-state index contributed by atoms with van der Waals surface area (Å²) < 4.78 is 26.4. The monoisotopic (exact) mass is 425 g/mol. The van der Waals surface area contributed by atoms with E-state index >= 15 is 0 Å². The molecule has 30 heavy (non-hydrogen) atoms. The lowest BCUT2D eigenvalue weighted by atomic mass is 10.2. The van der Waals surface area contributed by atoms with E-state index in [1.807, 2.05) is 30.3 Å². The molecule has 5 rings (SSSR count). The van der Waals surface area contributed by atoms with Crippen LogP contribution in [0.2, 0.25) is 5.15 Å². The van der Waals surface area contributed by atoms with Gasteiger partial charge < -0.3 is 14.4 Å². The van der Waals surface area contributed by atoms with E-state index in [-0.39, 0.29) is 35.5 Å². The van der Waals surface area contributed by atoms with Crippen molar-refractivity contribution in [2.45, 2.75) is 25.0 Å². The van der Waals surface area contributed by atoms with Crippen LogP contribution in [-0.2, 0) is 6.61 Å². The standard InChI is InChI=1S/C22H17ClFN3O3/c23-19-18-20(26-13-25-19)30-22(8-9-22)12-27(21(18)28)15-6-7-17(16(24)10-15)29-11-14-4-2-1-3-5-14/h1-7,10,13H,8-9,11-12H2. The third-order valence-corrected chi connectivity index (χ3v) is 5.54. The third-order valence-electron chi connectivity index (χ3n) is 5.26. The summed E-state index contributed by atoms with van der Waals surface area (Å²) in [4.78, 5) is 22.7. The number of ether oxygens (including phenoxy) is 2. The zero-order valence-electron chi connectivity index (χ0n) is 15.8. The van der Waals surface area contributed by atoms with Crippen LogP contribution in [0.1, 0.15) is 28.8 Å². The van der Waals surface area contributed by atoms with Crippen LogP contribution in [0.25, 0.3) is 0 Å². The molecule has 0 atom stereocenters. The first-order chi connectivity index (χ1) is 14.5. The highest BCUT2D eigenvalue weighted by molar-refractivity contribution is 6.33. The van der Waals surface area contributed by atoms with E-state index < -0.39 is 17.3 Å². The molecule has 2 aromatic carbocycles. The van der Waals surface area contributed by atoms with Gasteiger partial charge in [0.05, 0.1) is 6.54 Å². The number of benzene rings is 2. The second-order valence-electron chi connectivity index (χ2n) is 7.41. The Morgan fingerprint density at radius 3 is 2.70 bits per heavy atom. The van der Waals surface area contributed by atoms with Crippen LogP contribution < -0.4 is 14.4 Å². The van der Waals surface area contributed by atoms with Crippen molar-refractivity contribution < 1.29 is 18.7 Å². The molecule has 1 fully saturated rings. The Kier molecular flexibility index (Phi) is 4.55. The first-order valence-electron chi connectivity index (χ1n) is 9.52. The predicted octanol–water partition coefficient (Wildman–Crippen LogP) is 4.42. The number of rotatable bonds is 4. The van der Waals surface area contributed by atoms with Crippen molar-refractivity contribution in [2.24, 2.45) is 0 Å². The Labute approximate surface area is 177 Å². The SMILES string of the molecule is O=C1c2c(Cl)ncnc2OC2(CC2)CN1c1ccc(OCc2ccccc2)c(F)c1. The van der Waals surface area contributed by atoms with E-state index in [1.54, 1.807) is 6.07 Å². The van der Waals surface area contributed by atoms with E-state index in [0.717, 1.165) is 18.4 Å². The topological polar surface area (TPSA) is 64.5 Å². The Morgan fingerprint density at radius 2 is 1.97 bits per heavy atom. The highest BCUT2D eigenvalue weighted by Gasteiger charge is 2.51. The fraction of sp³-hybridized carbons (Fsp3) is 0.227. The minimum Gasteiger partial charge on any atom is -0.486 e. The Bertz CT molecular complexity index is 1120. The summed E-state index contributed by atoms with van der Waals surface area (Å²) in [5.41, 5.74) is 0.889. The van der Waals surface area contributed by atoms with Gasteiger partial charge >= 0.3 is 0 Å². The van der Waals surface area contributed by atoms with Crippen molar-refractivity contribution in [2.75, 3.05) is 11.4 Å². The molecule has 0 radical (unpaired) electrons. The molecule has 8 heteroatoms. The predicted molar refractivity (Wildman–Crippen MR) is 108 cm³/mol. The number of halogens is 2. The Balaban J connectivity index is 1.44. The molecule has 1 saturated carbocycles. The summed E-state index contributed by atoms with van der Waals surface area (Å²) in [6, 6.07) is 14.0. The second kappa shape index (κ2) is 7.25. The van der Waals surface area contributed by atoms with E-state index in [4.69, 9.17) is 21.1 Å². The zero-order chi connectivity index (χ0) is 20.7. The normalized spacial score (nSPS) is 16.6. The maximum atomic E-state index is 14.8. The molecular weight excluding hydrogens is 409 g/mol. The average Bonchev–Trinajstić information content (AvgIpc) is 3.52. The number of anilines is 1. The average molecular weight is 426 g/mol. The van der Waals surface area contributed by atoms with Crippen LogP contribution in [0, 0.1) is 5.82 Å². The van der Waals surface area contributed by atoms with Gasteiger partial charge in [0.1, 0.15) is 29.3 Å². The number of carbonyl (C=O) groups is 1. The number of amides is 1. The van der Waals surface area contributed by atoms with Gasteiger partial charge in [-0.1, -0.05) is 41.9 Å². The molecule has 2 aliphatic rings. The molecule has 1 aromatic heterocycles. The van der Waals surface area contributed by atoms with Crippen LogP contribution in [0.4, 0.5) is 10.1 Å². The van der Waals surface area contributed by atoms with Crippen molar-refractivity contribution in [3.8, 4) is 11.6 Å². The molecule has 6 nitrogen and oxygen atoms in total. The maximum absolute atomic E-state index is 14.8. The zero-order valence-corrected chi connectivity index (χ0v) is 16.6. The second-order valence-corrected chi connectivity index (χ2v) is 7.77. The fourth-order valence-electron chi connectivity index (χ4n) is 3.46. The first-order valence-corrected chi connectivity index (χ1v) is 9.90. The molecule has 2 heterocycles. The molecule has 1 aliphatic carbocycles. The number of aromatic nitrogens is 2. The molecule has 152 valence electrons. The van der Waals surface area contributed by atoms with Gasteiger partial charge in [-0.05, 0) is 30.5 Å². The molecule has 1 amide bonds. The molecule has 0 unspecified atom stereocenters. The van der Waals surface area contributed by atoms with Gasteiger partial charge in [-0.15, -0.1) is 0 Å². The van der Waals surface area contributed by atoms with Crippen molar-refractivity contribution in [3.05, 3.63) is 77.0 Å². The summed E-state index contributed by atoms with van der Waals surface area (Å²) >= 11 is 6.16. The van der Waals surface area contributed by atoms with Crippen LogP contribution in [0.3, 0.4) is 0 Å². The minimum atomic E-state index is -0.554. The Morgan fingerprint density at radius 1 is 1.17 bits per heavy atom. The van der Waals surface area contributed by atoms with Gasteiger partial charge in [0.15, 0.2) is 11.6 Å². The first kappa shape index (κ1) is 18.8. The molecule has 1 aliphatic heterocycles. The molecule has 1 spiro atoms. The van der Waals surface area contributed by atoms with Crippen molar-refractivity contribution >= 4 is 23.2 Å². The highest BCUT2D eigenvalue weighted by atomic mass is 35.5. The molecule has 3 aromatic rings. The van der Waals surface area contributed by atoms with Crippen molar-refractivity contribution in [1.82, 2.24) is 9.97 Å². The molecule has 0 saturated heterocycles. The summed E-state index contributed by atoms with van der Waals surface area (Å²) in [7, 11) is 0. The lowest BCUT2D eigenvalue weighted by Gasteiger charge is -2.24. The van der Waals surface area contributed by atoms with Crippen LogP contribution in [0.15, 0.2) is 54.9 Å². The molecule has 0 N–H and O–H groups in total. The van der Waals surface area contributed by atoms with Crippen molar-refractivity contribution in [1.29, 1.82) is 0 Å². The summed E-state index contributed by atoms with van der Waals surface area (Å²) in [5, 5.41) is 0.0102. The summed E-state index contributed by atoms with van der Waals surface area (Å²) in [5.74, 6) is -0.689. The largest absolute Gasteiger partial charge is 0.486 e. The van der Waals surface area contributed by atoms with Crippen LogP contribution in [-0.4, -0.2) is 28.0 Å². The number of carbonyl (C=O) groups excluding carboxylic acids is 1. The van der Waals surface area contributed by atoms with Crippen LogP contribution in [0.5, 0.6) is 11.6 Å². The van der Waals surface area contributed by atoms with E-state index in [9.17, 15) is 9.18 Å². The van der Waals surface area contributed by atoms with Gasteiger partial charge in [-0.25, -0.2) is 14.4 Å². The minimum absolute atomic E-state index is 0.0102. The number of hydrogen-bond acceptors (Lipinski definition) is 5. The number of fused-ring (bicyclic) bond motifs is 1. The van der Waals surface area contributed by atoms with Gasteiger partial charge in [-0.2, -0.15) is 0 Å². The fourth-order valence-corrected chi connectivity index (χ4v) is 3.66. The number of hydrogen-bond donors (Lipinski definition) is 0. The molecular formula is C22H17ClFN3O3. The van der Waals surface area contributed by atoms with E-state index in [2.05, 4.69) is 9.97 Å². The van der Waals surface area contributed by atoms with Gasteiger partial charge in [0.2, 0.25) is 5.88 Å². The van der Waals surface area contributed by atoms with Crippen molar-refractivity contribution in [3.63, 3.8) is 0 Å². The van der Waals surface area contributed by atoms with Gasteiger partial charge in [0.25, 0.3) is 5.91 Å². The van der Waals surface area contributed by atoms with E-state index in [1.165, 1.54) is 23.4 Å². The van der Waals surface area contributed by atoms with Crippen LogP contribution >= 0.6 is 11.6 Å². The molecule has 0 bridgehead atoms. The number of nitrogens with zero attached hydrogens (tertiary/aromatic N) is 3.